The van der Waals surface area contributed by atoms with E-state index in [1.165, 1.54) is 6.08 Å². The maximum Gasteiger partial charge on any atom is 0.250 e. The standard InChI is InChI=1S/C17H15N3O2S/c18-16(22)13-8-4-5-9-14(13)19-17(23)20-15(21)11-10-12-6-2-1-3-7-12/h1-11H,(H2,18,22)(H2,19,20,21,23)/b11-10+. The lowest BCUT2D eigenvalue weighted by molar-refractivity contribution is -0.115. The number of benzene rings is 2. The van der Waals surface area contributed by atoms with Crippen LogP contribution in [0.3, 0.4) is 0 Å². The van der Waals surface area contributed by atoms with Crippen LogP contribution in [0.2, 0.25) is 0 Å². The van der Waals surface area contributed by atoms with Crippen LogP contribution in [0, 0.1) is 0 Å². The summed E-state index contributed by atoms with van der Waals surface area (Å²) >= 11 is 5.06. The van der Waals surface area contributed by atoms with Crippen molar-refractivity contribution >= 4 is 40.9 Å². The first kappa shape index (κ1) is 16.4. The third-order valence-electron chi connectivity index (χ3n) is 2.90. The third kappa shape index (κ3) is 5.05. The Hall–Kier alpha value is -2.99. The van der Waals surface area contributed by atoms with Gasteiger partial charge in [0.25, 0.3) is 5.91 Å². The van der Waals surface area contributed by atoms with E-state index in [9.17, 15) is 9.59 Å². The second-order valence-corrected chi connectivity index (χ2v) is 5.01. The van der Waals surface area contributed by atoms with Gasteiger partial charge in [-0.05, 0) is 36.0 Å². The first-order valence-corrected chi connectivity index (χ1v) is 7.21. The van der Waals surface area contributed by atoms with E-state index in [0.29, 0.717) is 11.3 Å². The van der Waals surface area contributed by atoms with Crippen LogP contribution in [0.25, 0.3) is 6.08 Å². The topological polar surface area (TPSA) is 84.2 Å². The second-order valence-electron chi connectivity index (χ2n) is 4.60. The maximum atomic E-state index is 11.8. The van der Waals surface area contributed by atoms with Crippen molar-refractivity contribution in [1.82, 2.24) is 5.32 Å². The van der Waals surface area contributed by atoms with Crippen molar-refractivity contribution in [3.05, 3.63) is 71.8 Å². The summed E-state index contributed by atoms with van der Waals surface area (Å²) in [7, 11) is 0. The smallest absolute Gasteiger partial charge is 0.250 e. The molecule has 0 spiro atoms. The highest BCUT2D eigenvalue weighted by Gasteiger charge is 2.09. The van der Waals surface area contributed by atoms with Gasteiger partial charge in [0.2, 0.25) is 5.91 Å². The average Bonchev–Trinajstić information content (AvgIpc) is 2.54. The highest BCUT2D eigenvalue weighted by molar-refractivity contribution is 7.80. The van der Waals surface area contributed by atoms with Crippen LogP contribution in [0.4, 0.5) is 5.69 Å². The van der Waals surface area contributed by atoms with Gasteiger partial charge in [0.1, 0.15) is 0 Å². The number of carbonyl (C=O) groups is 2. The molecule has 5 nitrogen and oxygen atoms in total. The second kappa shape index (κ2) is 7.86. The van der Waals surface area contributed by atoms with Crippen molar-refractivity contribution in [2.75, 3.05) is 5.32 Å². The Morgan fingerprint density at radius 2 is 1.65 bits per heavy atom. The van der Waals surface area contributed by atoms with Crippen LogP contribution in [0.15, 0.2) is 60.7 Å². The fraction of sp³-hybridized carbons (Fsp3) is 0. The van der Waals surface area contributed by atoms with E-state index >= 15 is 0 Å². The number of thiocarbonyl (C=S) groups is 1. The summed E-state index contributed by atoms with van der Waals surface area (Å²) < 4.78 is 0. The van der Waals surface area contributed by atoms with Crippen molar-refractivity contribution in [3.63, 3.8) is 0 Å². The molecule has 0 bridgehead atoms. The molecule has 0 aliphatic rings. The van der Waals surface area contributed by atoms with Gasteiger partial charge < -0.3 is 11.1 Å². The Morgan fingerprint density at radius 3 is 2.35 bits per heavy atom. The third-order valence-corrected chi connectivity index (χ3v) is 3.11. The van der Waals surface area contributed by atoms with Gasteiger partial charge in [-0.1, -0.05) is 42.5 Å². The molecular formula is C17H15N3O2S. The lowest BCUT2D eigenvalue weighted by atomic mass is 10.1. The molecule has 0 unspecified atom stereocenters. The van der Waals surface area contributed by atoms with Crippen LogP contribution in [-0.4, -0.2) is 16.9 Å². The summed E-state index contributed by atoms with van der Waals surface area (Å²) in [5, 5.41) is 5.38. The molecule has 2 aromatic carbocycles. The summed E-state index contributed by atoms with van der Waals surface area (Å²) in [4.78, 5) is 23.1. The molecule has 116 valence electrons. The highest BCUT2D eigenvalue weighted by atomic mass is 32.1. The molecule has 0 saturated heterocycles. The molecule has 0 fully saturated rings. The lowest BCUT2D eigenvalue weighted by Crippen LogP contribution is -2.33. The number of anilines is 1. The number of nitrogens with one attached hydrogen (secondary N) is 2. The van der Waals surface area contributed by atoms with Gasteiger partial charge in [-0.15, -0.1) is 0 Å². The molecule has 2 aromatic rings. The van der Waals surface area contributed by atoms with Crippen molar-refractivity contribution in [1.29, 1.82) is 0 Å². The fourth-order valence-electron chi connectivity index (χ4n) is 1.85. The normalized spacial score (nSPS) is 10.3. The predicted molar refractivity (Wildman–Crippen MR) is 94.8 cm³/mol. The molecule has 0 heterocycles. The zero-order valence-corrected chi connectivity index (χ0v) is 13.0. The van der Waals surface area contributed by atoms with Gasteiger partial charge in [0.15, 0.2) is 5.11 Å². The summed E-state index contributed by atoms with van der Waals surface area (Å²) in [5.74, 6) is -0.950. The minimum Gasteiger partial charge on any atom is -0.366 e. The summed E-state index contributed by atoms with van der Waals surface area (Å²) in [5.41, 5.74) is 6.92. The number of primary amides is 1. The maximum absolute atomic E-state index is 11.8. The fourth-order valence-corrected chi connectivity index (χ4v) is 2.06. The number of hydrogen-bond acceptors (Lipinski definition) is 3. The lowest BCUT2D eigenvalue weighted by Gasteiger charge is -2.10. The monoisotopic (exact) mass is 325 g/mol. The number of hydrogen-bond donors (Lipinski definition) is 3. The molecular weight excluding hydrogens is 310 g/mol. The number of amides is 2. The molecule has 2 amide bonds. The predicted octanol–water partition coefficient (Wildman–Crippen LogP) is 2.31. The SMILES string of the molecule is NC(=O)c1ccccc1NC(=S)NC(=O)/C=C/c1ccccc1. The van der Waals surface area contributed by atoms with E-state index in [4.69, 9.17) is 18.0 Å². The minimum absolute atomic E-state index is 0.0846. The van der Waals surface area contributed by atoms with Crippen LogP contribution in [0.1, 0.15) is 15.9 Å². The Bertz CT molecular complexity index is 757. The minimum atomic E-state index is -0.578. The van der Waals surface area contributed by atoms with E-state index in [2.05, 4.69) is 10.6 Å². The number of para-hydroxylation sites is 1. The van der Waals surface area contributed by atoms with Gasteiger partial charge in [0, 0.05) is 6.08 Å². The molecule has 0 aromatic heterocycles. The summed E-state index contributed by atoms with van der Waals surface area (Å²) in [6, 6.07) is 16.1. The average molecular weight is 325 g/mol. The number of carbonyl (C=O) groups excluding carboxylic acids is 2. The van der Waals surface area contributed by atoms with Crippen molar-refractivity contribution in [3.8, 4) is 0 Å². The van der Waals surface area contributed by atoms with Crippen LogP contribution < -0.4 is 16.4 Å². The highest BCUT2D eigenvalue weighted by Crippen LogP contribution is 2.13. The molecule has 0 atom stereocenters. The van der Waals surface area contributed by atoms with Crippen LogP contribution in [0.5, 0.6) is 0 Å². The van der Waals surface area contributed by atoms with E-state index in [1.54, 1.807) is 30.3 Å². The van der Waals surface area contributed by atoms with Crippen LogP contribution >= 0.6 is 12.2 Å². The molecule has 0 saturated carbocycles. The van der Waals surface area contributed by atoms with E-state index in [0.717, 1.165) is 5.56 Å². The van der Waals surface area contributed by atoms with Crippen molar-refractivity contribution < 1.29 is 9.59 Å². The summed E-state index contributed by atoms with van der Waals surface area (Å²) in [6.45, 7) is 0. The van der Waals surface area contributed by atoms with E-state index in [1.807, 2.05) is 30.3 Å². The van der Waals surface area contributed by atoms with Gasteiger partial charge in [-0.3, -0.25) is 14.9 Å². The van der Waals surface area contributed by atoms with E-state index in [-0.39, 0.29) is 11.0 Å². The van der Waals surface area contributed by atoms with Crippen molar-refractivity contribution in [2.24, 2.45) is 5.73 Å². The molecule has 4 N–H and O–H groups in total. The Kier molecular flexibility index (Phi) is 5.60. The number of nitrogens with two attached hydrogens (primary N) is 1. The van der Waals surface area contributed by atoms with Gasteiger partial charge in [-0.2, -0.15) is 0 Å². The van der Waals surface area contributed by atoms with Crippen LogP contribution in [-0.2, 0) is 4.79 Å². The first-order chi connectivity index (χ1) is 11.1. The molecule has 2 rings (SSSR count). The van der Waals surface area contributed by atoms with Gasteiger partial charge >= 0.3 is 0 Å². The molecule has 0 aliphatic heterocycles. The molecule has 6 heteroatoms. The number of rotatable bonds is 4. The van der Waals surface area contributed by atoms with Gasteiger partial charge in [-0.25, -0.2) is 0 Å². The Labute approximate surface area is 139 Å². The summed E-state index contributed by atoms with van der Waals surface area (Å²) in [6.07, 6.45) is 3.05. The quantitative estimate of drug-likeness (QED) is 0.595. The first-order valence-electron chi connectivity index (χ1n) is 6.80. The Morgan fingerprint density at radius 1 is 1.00 bits per heavy atom. The molecule has 0 radical (unpaired) electrons. The van der Waals surface area contributed by atoms with E-state index < -0.39 is 5.91 Å². The Balaban J connectivity index is 1.96. The van der Waals surface area contributed by atoms with Gasteiger partial charge in [0.05, 0.1) is 11.3 Å². The zero-order valence-electron chi connectivity index (χ0n) is 12.2. The largest absolute Gasteiger partial charge is 0.366 e. The molecule has 23 heavy (non-hydrogen) atoms. The zero-order chi connectivity index (χ0) is 16.7. The van der Waals surface area contributed by atoms with Crippen molar-refractivity contribution in [2.45, 2.75) is 0 Å². The molecule has 0 aliphatic carbocycles.